The molecule has 0 radical (unpaired) electrons. The Labute approximate surface area is 107 Å². The second-order valence-electron chi connectivity index (χ2n) is 3.79. The highest BCUT2D eigenvalue weighted by atomic mass is 19.4. The van der Waals surface area contributed by atoms with Gasteiger partial charge in [-0.25, -0.2) is 9.78 Å². The molecule has 0 aliphatic heterocycles. The number of aromatic nitrogens is 1. The molecule has 1 aromatic heterocycles. The summed E-state index contributed by atoms with van der Waals surface area (Å²) in [6.07, 6.45) is -4.61. The van der Waals surface area contributed by atoms with E-state index in [1.54, 1.807) is 19.1 Å². The van der Waals surface area contributed by atoms with Crippen LogP contribution >= 0.6 is 0 Å². The lowest BCUT2D eigenvalue weighted by atomic mass is 10.1. The first-order valence-corrected chi connectivity index (χ1v) is 5.57. The van der Waals surface area contributed by atoms with Crippen LogP contribution in [0.15, 0.2) is 30.3 Å². The van der Waals surface area contributed by atoms with Gasteiger partial charge in [0.2, 0.25) is 0 Å². The van der Waals surface area contributed by atoms with Crippen LogP contribution in [0.3, 0.4) is 0 Å². The molecule has 0 fully saturated rings. The molecule has 1 aromatic carbocycles. The minimum absolute atomic E-state index is 0.0941. The number of ether oxygens (including phenoxy) is 1. The predicted octanol–water partition coefficient (Wildman–Crippen LogP) is 3.43. The van der Waals surface area contributed by atoms with Crippen molar-refractivity contribution in [3.63, 3.8) is 0 Å². The van der Waals surface area contributed by atoms with Gasteiger partial charge in [0.05, 0.1) is 17.7 Å². The Morgan fingerprint density at radius 2 is 2.00 bits per heavy atom. The van der Waals surface area contributed by atoms with Crippen LogP contribution in [0.5, 0.6) is 0 Å². The Morgan fingerprint density at radius 3 is 2.63 bits per heavy atom. The van der Waals surface area contributed by atoms with Crippen LogP contribution in [-0.2, 0) is 10.9 Å². The van der Waals surface area contributed by atoms with Crippen molar-refractivity contribution in [2.45, 2.75) is 13.1 Å². The van der Waals surface area contributed by atoms with Crippen LogP contribution in [0.4, 0.5) is 13.2 Å². The van der Waals surface area contributed by atoms with E-state index in [1.165, 1.54) is 12.1 Å². The number of hydrogen-bond acceptors (Lipinski definition) is 3. The third kappa shape index (κ3) is 2.67. The largest absolute Gasteiger partial charge is 0.462 e. The van der Waals surface area contributed by atoms with Gasteiger partial charge >= 0.3 is 12.1 Å². The molecule has 0 atom stereocenters. The molecule has 0 spiro atoms. The summed E-state index contributed by atoms with van der Waals surface area (Å²) in [5, 5.41) is 0.342. The van der Waals surface area contributed by atoms with E-state index in [1.807, 2.05) is 0 Å². The molecule has 3 nitrogen and oxygen atoms in total. The van der Waals surface area contributed by atoms with Gasteiger partial charge in [0.1, 0.15) is 5.69 Å². The molecule has 0 bridgehead atoms. The summed E-state index contributed by atoms with van der Waals surface area (Å²) in [6, 6.07) is 6.87. The van der Waals surface area contributed by atoms with Gasteiger partial charge in [0.15, 0.2) is 0 Å². The Bertz CT molecular complexity index is 623. The average molecular weight is 269 g/mol. The minimum Gasteiger partial charge on any atom is -0.462 e. The third-order valence-corrected chi connectivity index (χ3v) is 2.50. The van der Waals surface area contributed by atoms with Crippen LogP contribution in [0.1, 0.15) is 23.0 Å². The minimum atomic E-state index is -4.61. The van der Waals surface area contributed by atoms with Crippen LogP contribution in [0, 0.1) is 0 Å². The van der Waals surface area contributed by atoms with E-state index in [0.29, 0.717) is 5.39 Å². The molecule has 0 amide bonds. The van der Waals surface area contributed by atoms with Crippen LogP contribution < -0.4 is 0 Å². The monoisotopic (exact) mass is 269 g/mol. The van der Waals surface area contributed by atoms with Gasteiger partial charge in [0.25, 0.3) is 0 Å². The summed E-state index contributed by atoms with van der Waals surface area (Å²) in [5.74, 6) is -0.786. The molecule has 2 rings (SSSR count). The number of hydrogen-bond donors (Lipinski definition) is 0. The number of para-hydroxylation sites is 1. The number of pyridine rings is 1. The molecule has 6 heteroatoms. The molecule has 0 unspecified atom stereocenters. The molecule has 0 aliphatic carbocycles. The zero-order valence-corrected chi connectivity index (χ0v) is 9.99. The van der Waals surface area contributed by atoms with Gasteiger partial charge in [-0.3, -0.25) is 0 Å². The number of benzene rings is 1. The van der Waals surface area contributed by atoms with Gasteiger partial charge < -0.3 is 4.74 Å². The molecule has 0 N–H and O–H groups in total. The number of esters is 1. The van der Waals surface area contributed by atoms with Gasteiger partial charge in [-0.15, -0.1) is 0 Å². The fourth-order valence-electron chi connectivity index (χ4n) is 1.70. The van der Waals surface area contributed by atoms with Crippen molar-refractivity contribution in [3.8, 4) is 0 Å². The van der Waals surface area contributed by atoms with Gasteiger partial charge in [-0.05, 0) is 19.1 Å². The summed E-state index contributed by atoms with van der Waals surface area (Å²) in [6.45, 7) is 1.68. The number of nitrogens with zero attached hydrogens (tertiary/aromatic N) is 1. The van der Waals surface area contributed by atoms with Gasteiger partial charge in [-0.2, -0.15) is 13.2 Å². The van der Waals surface area contributed by atoms with Crippen molar-refractivity contribution in [2.24, 2.45) is 0 Å². The third-order valence-electron chi connectivity index (χ3n) is 2.50. The van der Waals surface area contributed by atoms with Crippen LogP contribution in [-0.4, -0.2) is 17.6 Å². The van der Waals surface area contributed by atoms with Gasteiger partial charge in [-0.1, -0.05) is 18.2 Å². The number of fused-ring (bicyclic) bond motifs is 1. The quantitative estimate of drug-likeness (QED) is 0.784. The number of carbonyl (C=O) groups is 1. The molecule has 2 aromatic rings. The van der Waals surface area contributed by atoms with Gasteiger partial charge in [0, 0.05) is 5.39 Å². The predicted molar refractivity (Wildman–Crippen MR) is 62.7 cm³/mol. The molecule has 0 saturated carbocycles. The lowest BCUT2D eigenvalue weighted by molar-refractivity contribution is -0.141. The zero-order chi connectivity index (χ0) is 14.0. The first-order chi connectivity index (χ1) is 8.93. The molecule has 0 saturated heterocycles. The van der Waals surface area contributed by atoms with Crippen molar-refractivity contribution in [1.82, 2.24) is 4.98 Å². The molecule has 100 valence electrons. The van der Waals surface area contributed by atoms with Crippen molar-refractivity contribution < 1.29 is 22.7 Å². The molecular formula is C13H10F3NO2. The Morgan fingerprint density at radius 1 is 1.32 bits per heavy atom. The zero-order valence-electron chi connectivity index (χ0n) is 9.99. The fraction of sp³-hybridized carbons (Fsp3) is 0.231. The second kappa shape index (κ2) is 4.87. The van der Waals surface area contributed by atoms with E-state index in [9.17, 15) is 18.0 Å². The molecule has 19 heavy (non-hydrogen) atoms. The van der Waals surface area contributed by atoms with Crippen molar-refractivity contribution >= 4 is 16.9 Å². The SMILES string of the molecule is CCOC(=O)c1cc(C(F)(F)F)nc2ccccc12. The highest BCUT2D eigenvalue weighted by Gasteiger charge is 2.34. The molecule has 0 aliphatic rings. The lowest BCUT2D eigenvalue weighted by Gasteiger charge is -2.10. The maximum Gasteiger partial charge on any atom is 0.433 e. The second-order valence-corrected chi connectivity index (χ2v) is 3.79. The van der Waals surface area contributed by atoms with E-state index in [4.69, 9.17) is 4.74 Å². The Kier molecular flexibility index (Phi) is 3.42. The highest BCUT2D eigenvalue weighted by molar-refractivity contribution is 6.03. The Hall–Kier alpha value is -2.11. The first kappa shape index (κ1) is 13.3. The normalized spacial score (nSPS) is 11.6. The van der Waals surface area contributed by atoms with Crippen molar-refractivity contribution in [3.05, 3.63) is 41.6 Å². The van der Waals surface area contributed by atoms with Crippen molar-refractivity contribution in [2.75, 3.05) is 6.61 Å². The van der Waals surface area contributed by atoms with Crippen LogP contribution in [0.2, 0.25) is 0 Å². The summed E-state index contributed by atoms with van der Waals surface area (Å²) < 4.78 is 43.0. The molecular weight excluding hydrogens is 259 g/mol. The maximum absolute atomic E-state index is 12.7. The molecule has 1 heterocycles. The Balaban J connectivity index is 2.68. The first-order valence-electron chi connectivity index (χ1n) is 5.57. The summed E-state index contributed by atoms with van der Waals surface area (Å²) >= 11 is 0. The average Bonchev–Trinajstić information content (AvgIpc) is 2.36. The summed E-state index contributed by atoms with van der Waals surface area (Å²) in [5.41, 5.74) is -1.12. The number of carbonyl (C=O) groups excluding carboxylic acids is 1. The lowest BCUT2D eigenvalue weighted by Crippen LogP contribution is -2.12. The van der Waals surface area contributed by atoms with E-state index >= 15 is 0 Å². The van der Waals surface area contributed by atoms with Crippen molar-refractivity contribution in [1.29, 1.82) is 0 Å². The fourth-order valence-corrected chi connectivity index (χ4v) is 1.70. The maximum atomic E-state index is 12.7. The number of halogens is 3. The van der Waals surface area contributed by atoms with E-state index in [-0.39, 0.29) is 17.7 Å². The summed E-state index contributed by atoms with van der Waals surface area (Å²) in [7, 11) is 0. The number of rotatable bonds is 2. The van der Waals surface area contributed by atoms with E-state index in [2.05, 4.69) is 4.98 Å². The standard InChI is InChI=1S/C13H10F3NO2/c1-2-19-12(18)9-7-11(13(14,15)16)17-10-6-4-3-5-8(9)10/h3-7H,2H2,1H3. The summed E-state index contributed by atoms with van der Waals surface area (Å²) in [4.78, 5) is 15.2. The van der Waals surface area contributed by atoms with Crippen LogP contribution in [0.25, 0.3) is 10.9 Å². The van der Waals surface area contributed by atoms with E-state index < -0.39 is 17.8 Å². The smallest absolute Gasteiger partial charge is 0.433 e. The number of alkyl halides is 3. The van der Waals surface area contributed by atoms with E-state index in [0.717, 1.165) is 6.07 Å². The topological polar surface area (TPSA) is 39.2 Å². The highest BCUT2D eigenvalue weighted by Crippen LogP contribution is 2.31.